The monoisotopic (exact) mass is 305 g/mol. The van der Waals surface area contributed by atoms with E-state index in [1.54, 1.807) is 6.92 Å². The number of alkyl halides is 2. The summed E-state index contributed by atoms with van der Waals surface area (Å²) in [7, 11) is 0. The van der Waals surface area contributed by atoms with Crippen molar-refractivity contribution in [1.82, 2.24) is 0 Å². The summed E-state index contributed by atoms with van der Waals surface area (Å²) in [6, 6.07) is 3.08. The Morgan fingerprint density at radius 1 is 1.38 bits per heavy atom. The van der Waals surface area contributed by atoms with Crippen LogP contribution in [0.1, 0.15) is 26.7 Å². The summed E-state index contributed by atoms with van der Waals surface area (Å²) in [5, 5.41) is 2.34. The Hall–Kier alpha value is -1.76. The van der Waals surface area contributed by atoms with Crippen LogP contribution in [0.4, 0.5) is 18.9 Å². The molecule has 0 aliphatic carbocycles. The van der Waals surface area contributed by atoms with Crippen molar-refractivity contribution in [3.63, 3.8) is 0 Å². The predicted molar refractivity (Wildman–Crippen MR) is 72.0 cm³/mol. The maximum Gasteiger partial charge on any atom is 0.387 e. The van der Waals surface area contributed by atoms with Crippen LogP contribution >= 0.6 is 0 Å². The van der Waals surface area contributed by atoms with Gasteiger partial charge in [-0.05, 0) is 25.5 Å². The van der Waals surface area contributed by atoms with E-state index in [2.05, 4.69) is 10.1 Å². The fraction of sp³-hybridized carbons (Fsp3) is 0.500. The number of hydrogen-bond donors (Lipinski definition) is 1. The second-order valence-electron chi connectivity index (χ2n) is 4.38. The average molecular weight is 305 g/mol. The van der Waals surface area contributed by atoms with Crippen molar-refractivity contribution in [3.05, 3.63) is 24.0 Å². The Balaban J connectivity index is 2.59. The first-order valence-corrected chi connectivity index (χ1v) is 6.60. The number of amides is 1. The molecule has 0 aliphatic heterocycles. The highest BCUT2D eigenvalue weighted by molar-refractivity contribution is 5.94. The second-order valence-corrected chi connectivity index (χ2v) is 4.38. The van der Waals surface area contributed by atoms with E-state index in [4.69, 9.17) is 4.74 Å². The number of ether oxygens (including phenoxy) is 2. The van der Waals surface area contributed by atoms with Crippen LogP contribution in [0.25, 0.3) is 0 Å². The van der Waals surface area contributed by atoms with E-state index in [9.17, 15) is 18.0 Å². The van der Waals surface area contributed by atoms with Crippen molar-refractivity contribution in [3.8, 4) is 5.75 Å². The van der Waals surface area contributed by atoms with Crippen molar-refractivity contribution in [2.24, 2.45) is 0 Å². The minimum absolute atomic E-state index is 0.118. The minimum atomic E-state index is -3.03. The normalized spacial score (nSPS) is 12.3. The molecule has 1 unspecified atom stereocenters. The standard InChI is InChI=1S/C14H18F3NO3/c1-3-4-7-20-9(2)13(19)18-12-6-5-10(8-11(12)15)21-14(16)17/h5-6,8-9,14H,3-4,7H2,1-2H3,(H,18,19). The van der Waals surface area contributed by atoms with Gasteiger partial charge in [-0.15, -0.1) is 0 Å². The minimum Gasteiger partial charge on any atom is -0.435 e. The molecule has 0 aromatic heterocycles. The summed E-state index contributed by atoms with van der Waals surface area (Å²) < 4.78 is 47.0. The molecule has 0 saturated carbocycles. The lowest BCUT2D eigenvalue weighted by Crippen LogP contribution is -2.28. The van der Waals surface area contributed by atoms with Crippen LogP contribution in [0.2, 0.25) is 0 Å². The zero-order chi connectivity index (χ0) is 15.8. The van der Waals surface area contributed by atoms with Crippen molar-refractivity contribution >= 4 is 11.6 Å². The fourth-order valence-electron chi connectivity index (χ4n) is 1.49. The van der Waals surface area contributed by atoms with Gasteiger partial charge in [0.15, 0.2) is 0 Å². The molecule has 21 heavy (non-hydrogen) atoms. The Morgan fingerprint density at radius 3 is 2.67 bits per heavy atom. The van der Waals surface area contributed by atoms with E-state index in [0.717, 1.165) is 31.0 Å². The molecule has 0 saturated heterocycles. The Kier molecular flexibility index (Phi) is 7.01. The van der Waals surface area contributed by atoms with Gasteiger partial charge in [0.25, 0.3) is 5.91 Å². The zero-order valence-electron chi connectivity index (χ0n) is 11.9. The number of nitrogens with one attached hydrogen (secondary N) is 1. The number of unbranched alkanes of at least 4 members (excludes halogenated alkanes) is 1. The molecule has 1 aromatic carbocycles. The number of anilines is 1. The highest BCUT2D eigenvalue weighted by Crippen LogP contribution is 2.22. The van der Waals surface area contributed by atoms with Gasteiger partial charge < -0.3 is 14.8 Å². The van der Waals surface area contributed by atoms with Crippen LogP contribution in [0.5, 0.6) is 5.75 Å². The van der Waals surface area contributed by atoms with Gasteiger partial charge >= 0.3 is 6.61 Å². The van der Waals surface area contributed by atoms with Crippen LogP contribution in [0, 0.1) is 5.82 Å². The van der Waals surface area contributed by atoms with Crippen LogP contribution in [-0.2, 0) is 9.53 Å². The topological polar surface area (TPSA) is 47.6 Å². The number of benzene rings is 1. The molecule has 1 atom stereocenters. The SMILES string of the molecule is CCCCOC(C)C(=O)Nc1ccc(OC(F)F)cc1F. The second kappa shape index (κ2) is 8.51. The summed E-state index contributed by atoms with van der Waals surface area (Å²) in [5.74, 6) is -1.68. The summed E-state index contributed by atoms with van der Waals surface area (Å²) in [6.45, 7) is 0.954. The number of hydrogen-bond acceptors (Lipinski definition) is 3. The summed E-state index contributed by atoms with van der Waals surface area (Å²) in [4.78, 5) is 11.8. The molecular formula is C14H18F3NO3. The smallest absolute Gasteiger partial charge is 0.387 e. The van der Waals surface area contributed by atoms with E-state index in [1.165, 1.54) is 0 Å². The molecule has 0 spiro atoms. The van der Waals surface area contributed by atoms with Crippen LogP contribution in [-0.4, -0.2) is 25.2 Å². The van der Waals surface area contributed by atoms with E-state index in [0.29, 0.717) is 6.61 Å². The third kappa shape index (κ3) is 6.03. The van der Waals surface area contributed by atoms with Gasteiger partial charge in [-0.2, -0.15) is 8.78 Å². The first kappa shape index (κ1) is 17.3. The van der Waals surface area contributed by atoms with Gasteiger partial charge in [0, 0.05) is 12.7 Å². The van der Waals surface area contributed by atoms with E-state index in [1.807, 2.05) is 6.92 Å². The fourth-order valence-corrected chi connectivity index (χ4v) is 1.49. The number of carbonyl (C=O) groups excluding carboxylic acids is 1. The molecule has 4 nitrogen and oxygen atoms in total. The lowest BCUT2D eigenvalue weighted by Gasteiger charge is -2.14. The van der Waals surface area contributed by atoms with E-state index < -0.39 is 24.4 Å². The van der Waals surface area contributed by atoms with Gasteiger partial charge in [0.05, 0.1) is 5.69 Å². The van der Waals surface area contributed by atoms with Crippen LogP contribution in [0.3, 0.4) is 0 Å². The molecule has 118 valence electrons. The third-order valence-electron chi connectivity index (χ3n) is 2.66. The molecule has 0 fully saturated rings. The average Bonchev–Trinajstić information content (AvgIpc) is 2.41. The first-order valence-electron chi connectivity index (χ1n) is 6.60. The van der Waals surface area contributed by atoms with Crippen LogP contribution in [0.15, 0.2) is 18.2 Å². The summed E-state index contributed by atoms with van der Waals surface area (Å²) in [5.41, 5.74) is -0.118. The Morgan fingerprint density at radius 2 is 2.10 bits per heavy atom. The van der Waals surface area contributed by atoms with Gasteiger partial charge in [-0.3, -0.25) is 4.79 Å². The molecule has 0 heterocycles. The van der Waals surface area contributed by atoms with E-state index in [-0.39, 0.29) is 11.4 Å². The van der Waals surface area contributed by atoms with E-state index >= 15 is 0 Å². The Bertz CT molecular complexity index is 469. The molecule has 0 bridgehead atoms. The number of rotatable bonds is 8. The van der Waals surface area contributed by atoms with Gasteiger partial charge in [0.2, 0.25) is 0 Å². The highest BCUT2D eigenvalue weighted by atomic mass is 19.3. The maximum absolute atomic E-state index is 13.7. The van der Waals surface area contributed by atoms with Crippen molar-refractivity contribution in [1.29, 1.82) is 0 Å². The number of halogens is 3. The number of carbonyl (C=O) groups is 1. The zero-order valence-corrected chi connectivity index (χ0v) is 11.9. The Labute approximate surface area is 121 Å². The van der Waals surface area contributed by atoms with Crippen molar-refractivity contribution < 1.29 is 27.4 Å². The molecule has 7 heteroatoms. The van der Waals surface area contributed by atoms with Gasteiger partial charge in [-0.1, -0.05) is 13.3 Å². The lowest BCUT2D eigenvalue weighted by molar-refractivity contribution is -0.126. The molecule has 1 amide bonds. The first-order chi connectivity index (χ1) is 9.93. The quantitative estimate of drug-likeness (QED) is 0.747. The molecule has 1 N–H and O–H groups in total. The van der Waals surface area contributed by atoms with Gasteiger partial charge in [-0.25, -0.2) is 4.39 Å². The summed E-state index contributed by atoms with van der Waals surface area (Å²) in [6.07, 6.45) is 1.04. The summed E-state index contributed by atoms with van der Waals surface area (Å²) >= 11 is 0. The third-order valence-corrected chi connectivity index (χ3v) is 2.66. The molecule has 1 rings (SSSR count). The molecule has 0 radical (unpaired) electrons. The highest BCUT2D eigenvalue weighted by Gasteiger charge is 2.16. The predicted octanol–water partition coefficient (Wildman–Crippen LogP) is 3.57. The molecule has 0 aliphatic rings. The maximum atomic E-state index is 13.7. The van der Waals surface area contributed by atoms with Gasteiger partial charge in [0.1, 0.15) is 17.7 Å². The molecular weight excluding hydrogens is 287 g/mol. The molecule has 1 aromatic rings. The lowest BCUT2D eigenvalue weighted by atomic mass is 10.2. The van der Waals surface area contributed by atoms with Crippen molar-refractivity contribution in [2.75, 3.05) is 11.9 Å². The van der Waals surface area contributed by atoms with Crippen molar-refractivity contribution in [2.45, 2.75) is 39.4 Å². The largest absolute Gasteiger partial charge is 0.435 e. The van der Waals surface area contributed by atoms with Crippen LogP contribution < -0.4 is 10.1 Å².